The topological polar surface area (TPSA) is 63.7 Å². The maximum absolute atomic E-state index is 12.6. The fourth-order valence-electron chi connectivity index (χ4n) is 3.44. The summed E-state index contributed by atoms with van der Waals surface area (Å²) in [5.74, 6) is -1.63. The smallest absolute Gasteiger partial charge is 0.247 e. The Morgan fingerprint density at radius 2 is 1.61 bits per heavy atom. The van der Waals surface area contributed by atoms with Crippen molar-refractivity contribution in [2.75, 3.05) is 31.1 Å². The summed E-state index contributed by atoms with van der Waals surface area (Å²) in [4.78, 5) is 28.0. The van der Waals surface area contributed by atoms with Gasteiger partial charge in [-0.15, -0.1) is 0 Å². The van der Waals surface area contributed by atoms with E-state index in [1.807, 2.05) is 0 Å². The second-order valence-electron chi connectivity index (χ2n) is 6.94. The highest BCUT2D eigenvalue weighted by atomic mass is 16.4. The van der Waals surface area contributed by atoms with Crippen LogP contribution in [0.2, 0.25) is 0 Å². The molecule has 0 unspecified atom stereocenters. The maximum Gasteiger partial charge on any atom is 0.247 e. The molecule has 1 saturated heterocycles. The van der Waals surface area contributed by atoms with E-state index in [1.165, 1.54) is 11.6 Å². The van der Waals surface area contributed by atoms with E-state index in [-0.39, 0.29) is 11.5 Å². The zero-order valence-electron chi connectivity index (χ0n) is 16.1. The van der Waals surface area contributed by atoms with Crippen LogP contribution in [0.4, 0.5) is 5.69 Å². The first kappa shape index (κ1) is 19.7. The molecule has 0 aliphatic carbocycles. The van der Waals surface area contributed by atoms with Gasteiger partial charge in [0.2, 0.25) is 5.91 Å². The van der Waals surface area contributed by atoms with Gasteiger partial charge in [-0.2, -0.15) is 0 Å². The SMILES string of the molecule is CCCc1ccc(N2CCN(C(=O)/C=C(/C(=O)[O-])c3ccccc3)CC2)cc1. The number of hydrogen-bond donors (Lipinski definition) is 0. The summed E-state index contributed by atoms with van der Waals surface area (Å²) in [7, 11) is 0. The molecular weight excluding hydrogens is 352 g/mol. The van der Waals surface area contributed by atoms with Crippen LogP contribution in [-0.4, -0.2) is 43.0 Å². The number of carbonyl (C=O) groups is 2. The zero-order chi connectivity index (χ0) is 19.9. The summed E-state index contributed by atoms with van der Waals surface area (Å²) in [5, 5.41) is 11.5. The molecule has 0 saturated carbocycles. The molecule has 0 spiro atoms. The molecule has 0 radical (unpaired) electrons. The number of nitrogens with zero attached hydrogens (tertiary/aromatic N) is 2. The van der Waals surface area contributed by atoms with Crippen LogP contribution in [-0.2, 0) is 16.0 Å². The van der Waals surface area contributed by atoms with Crippen molar-refractivity contribution in [1.29, 1.82) is 0 Å². The van der Waals surface area contributed by atoms with Gasteiger partial charge in [0.15, 0.2) is 0 Å². The summed E-state index contributed by atoms with van der Waals surface area (Å²) in [6, 6.07) is 17.2. The molecule has 0 atom stereocenters. The van der Waals surface area contributed by atoms with Crippen LogP contribution in [0.15, 0.2) is 60.7 Å². The van der Waals surface area contributed by atoms with Gasteiger partial charge in [-0.1, -0.05) is 55.8 Å². The number of aryl methyl sites for hydroxylation is 1. The van der Waals surface area contributed by atoms with Crippen molar-refractivity contribution in [3.8, 4) is 0 Å². The van der Waals surface area contributed by atoms with E-state index in [4.69, 9.17) is 0 Å². The molecule has 1 aliphatic rings. The van der Waals surface area contributed by atoms with Crippen LogP contribution in [0.3, 0.4) is 0 Å². The molecule has 5 nitrogen and oxygen atoms in total. The number of hydrogen-bond acceptors (Lipinski definition) is 4. The van der Waals surface area contributed by atoms with E-state index in [0.29, 0.717) is 18.7 Å². The van der Waals surface area contributed by atoms with Crippen molar-refractivity contribution in [1.82, 2.24) is 4.90 Å². The monoisotopic (exact) mass is 377 g/mol. The van der Waals surface area contributed by atoms with E-state index < -0.39 is 5.97 Å². The first-order chi connectivity index (χ1) is 13.6. The second-order valence-corrected chi connectivity index (χ2v) is 6.94. The molecular formula is C23H25N2O3-. The predicted octanol–water partition coefficient (Wildman–Crippen LogP) is 2.12. The minimum atomic E-state index is -1.34. The molecule has 5 heteroatoms. The molecule has 28 heavy (non-hydrogen) atoms. The van der Waals surface area contributed by atoms with Gasteiger partial charge in [-0.25, -0.2) is 0 Å². The van der Waals surface area contributed by atoms with Crippen molar-refractivity contribution >= 4 is 23.1 Å². The van der Waals surface area contributed by atoms with Gasteiger partial charge < -0.3 is 19.7 Å². The Kier molecular flexibility index (Phi) is 6.48. The van der Waals surface area contributed by atoms with Crippen molar-refractivity contribution in [2.24, 2.45) is 0 Å². The molecule has 2 aromatic rings. The molecule has 0 aromatic heterocycles. The minimum absolute atomic E-state index is 0.0838. The van der Waals surface area contributed by atoms with Gasteiger partial charge in [-0.3, -0.25) is 4.79 Å². The Bertz CT molecular complexity index is 836. The van der Waals surface area contributed by atoms with E-state index in [0.717, 1.165) is 31.6 Å². The maximum atomic E-state index is 12.6. The lowest BCUT2D eigenvalue weighted by atomic mass is 10.1. The third-order valence-corrected chi connectivity index (χ3v) is 5.00. The summed E-state index contributed by atoms with van der Waals surface area (Å²) in [6.45, 7) is 4.72. The molecule has 1 heterocycles. The summed E-state index contributed by atoms with van der Waals surface area (Å²) in [5.41, 5.74) is 2.88. The van der Waals surface area contributed by atoms with Crippen molar-refractivity contribution in [3.05, 3.63) is 71.8 Å². The van der Waals surface area contributed by atoms with Crippen molar-refractivity contribution < 1.29 is 14.7 Å². The van der Waals surface area contributed by atoms with Crippen LogP contribution in [0.1, 0.15) is 24.5 Å². The Morgan fingerprint density at radius 1 is 0.964 bits per heavy atom. The van der Waals surface area contributed by atoms with Gasteiger partial charge in [-0.05, 0) is 29.7 Å². The van der Waals surface area contributed by atoms with Gasteiger partial charge in [0.25, 0.3) is 0 Å². The Hall–Kier alpha value is -3.08. The highest BCUT2D eigenvalue weighted by Crippen LogP contribution is 2.19. The largest absolute Gasteiger partial charge is 0.545 e. The predicted molar refractivity (Wildman–Crippen MR) is 109 cm³/mol. The summed E-state index contributed by atoms with van der Waals surface area (Å²) < 4.78 is 0. The number of amides is 1. The standard InChI is InChI=1S/C23H26N2O3/c1-2-6-18-9-11-20(12-10-18)24-13-15-25(16-14-24)22(26)17-21(23(27)28)19-7-4-3-5-8-19/h3-5,7-12,17H,2,6,13-16H2,1H3,(H,27,28)/p-1/b21-17+. The molecule has 1 fully saturated rings. The lowest BCUT2D eigenvalue weighted by Crippen LogP contribution is -2.48. The average Bonchev–Trinajstić information content (AvgIpc) is 2.73. The number of benzene rings is 2. The molecule has 1 aliphatic heterocycles. The summed E-state index contributed by atoms with van der Waals surface area (Å²) >= 11 is 0. The van der Waals surface area contributed by atoms with Gasteiger partial charge in [0.05, 0.1) is 5.97 Å². The lowest BCUT2D eigenvalue weighted by molar-refractivity contribution is -0.295. The number of carboxylic acid groups (broad SMARTS) is 1. The van der Waals surface area contributed by atoms with E-state index in [9.17, 15) is 14.7 Å². The van der Waals surface area contributed by atoms with Crippen LogP contribution in [0.5, 0.6) is 0 Å². The first-order valence-corrected chi connectivity index (χ1v) is 9.69. The van der Waals surface area contributed by atoms with Crippen molar-refractivity contribution in [3.63, 3.8) is 0 Å². The van der Waals surface area contributed by atoms with E-state index in [2.05, 4.69) is 36.1 Å². The Labute approximate surface area is 165 Å². The fraction of sp³-hybridized carbons (Fsp3) is 0.304. The third kappa shape index (κ3) is 4.80. The zero-order valence-corrected chi connectivity index (χ0v) is 16.1. The van der Waals surface area contributed by atoms with Gasteiger partial charge in [0, 0.05) is 43.5 Å². The van der Waals surface area contributed by atoms with Crippen LogP contribution < -0.4 is 10.0 Å². The molecule has 2 aromatic carbocycles. The molecule has 3 rings (SSSR count). The number of rotatable bonds is 6. The number of piperazine rings is 1. The van der Waals surface area contributed by atoms with Gasteiger partial charge in [0.1, 0.15) is 0 Å². The quantitative estimate of drug-likeness (QED) is 0.724. The second kappa shape index (κ2) is 9.22. The molecule has 146 valence electrons. The number of carboxylic acids is 1. The number of carbonyl (C=O) groups excluding carboxylic acids is 2. The van der Waals surface area contributed by atoms with E-state index >= 15 is 0 Å². The van der Waals surface area contributed by atoms with Crippen LogP contribution in [0, 0.1) is 0 Å². The minimum Gasteiger partial charge on any atom is -0.545 e. The lowest BCUT2D eigenvalue weighted by Gasteiger charge is -2.36. The number of anilines is 1. The fourth-order valence-corrected chi connectivity index (χ4v) is 3.44. The number of aliphatic carboxylic acids is 1. The highest BCUT2D eigenvalue weighted by molar-refractivity contribution is 6.19. The molecule has 1 amide bonds. The first-order valence-electron chi connectivity index (χ1n) is 9.69. The normalized spacial score (nSPS) is 14.8. The Morgan fingerprint density at radius 3 is 2.18 bits per heavy atom. The van der Waals surface area contributed by atoms with Crippen LogP contribution in [0.25, 0.3) is 5.57 Å². The van der Waals surface area contributed by atoms with E-state index in [1.54, 1.807) is 35.2 Å². The average molecular weight is 377 g/mol. The van der Waals surface area contributed by atoms with Gasteiger partial charge >= 0.3 is 0 Å². The molecule has 0 bridgehead atoms. The highest BCUT2D eigenvalue weighted by Gasteiger charge is 2.21. The van der Waals surface area contributed by atoms with Crippen molar-refractivity contribution in [2.45, 2.75) is 19.8 Å². The summed E-state index contributed by atoms with van der Waals surface area (Å²) in [6.07, 6.45) is 3.39. The third-order valence-electron chi connectivity index (χ3n) is 5.00. The Balaban J connectivity index is 1.63. The molecule has 0 N–H and O–H groups in total. The van der Waals surface area contributed by atoms with Crippen LogP contribution >= 0.6 is 0 Å².